The molecule has 114 valence electrons. The van der Waals surface area contributed by atoms with Gasteiger partial charge in [-0.25, -0.2) is 4.39 Å². The molecule has 0 aromatic heterocycles. The van der Waals surface area contributed by atoms with Crippen molar-refractivity contribution in [1.29, 1.82) is 0 Å². The Hall–Kier alpha value is -1.76. The van der Waals surface area contributed by atoms with Crippen molar-refractivity contribution >= 4 is 11.4 Å². The van der Waals surface area contributed by atoms with E-state index in [1.807, 2.05) is 0 Å². The zero-order valence-corrected chi connectivity index (χ0v) is 11.5. The highest BCUT2D eigenvalue weighted by atomic mass is 19.1. The minimum Gasteiger partial charge on any atom is -0.376 e. The summed E-state index contributed by atoms with van der Waals surface area (Å²) in [5, 5.41) is 17.4. The van der Waals surface area contributed by atoms with Gasteiger partial charge in [0, 0.05) is 23.7 Å². The van der Waals surface area contributed by atoms with E-state index in [2.05, 4.69) is 10.6 Å². The third kappa shape index (κ3) is 2.70. The molecular weight excluding hydrogens is 280 g/mol. The van der Waals surface area contributed by atoms with Crippen LogP contribution in [0.5, 0.6) is 0 Å². The van der Waals surface area contributed by atoms with E-state index >= 15 is 0 Å². The fraction of sp³-hybridized carbons (Fsp3) is 0.571. The number of nitrogens with zero attached hydrogens (tertiary/aromatic N) is 1. The molecule has 5 nitrogen and oxygen atoms in total. The average Bonchev–Trinajstić information content (AvgIpc) is 2.35. The number of rotatable bonds is 3. The quantitative estimate of drug-likeness (QED) is 0.665. The van der Waals surface area contributed by atoms with Crippen molar-refractivity contribution in [3.8, 4) is 0 Å². The van der Waals surface area contributed by atoms with Gasteiger partial charge < -0.3 is 10.6 Å². The molecule has 0 bridgehead atoms. The summed E-state index contributed by atoms with van der Waals surface area (Å²) >= 11 is 0. The number of anilines is 1. The van der Waals surface area contributed by atoms with Crippen LogP contribution in [0, 0.1) is 21.7 Å². The van der Waals surface area contributed by atoms with Gasteiger partial charge in [-0.1, -0.05) is 0 Å². The molecule has 2 N–H and O–H groups in total. The van der Waals surface area contributed by atoms with Gasteiger partial charge in [0.05, 0.1) is 4.92 Å². The van der Waals surface area contributed by atoms with E-state index in [0.29, 0.717) is 6.07 Å². The highest BCUT2D eigenvalue weighted by molar-refractivity contribution is 5.62. The number of piperidine rings is 1. The van der Waals surface area contributed by atoms with Crippen molar-refractivity contribution in [1.82, 2.24) is 5.32 Å². The van der Waals surface area contributed by atoms with Gasteiger partial charge in [0.25, 0.3) is 0 Å². The van der Waals surface area contributed by atoms with Gasteiger partial charge >= 0.3 is 5.69 Å². The molecule has 21 heavy (non-hydrogen) atoms. The SMILES string of the molecule is O=[N+]([O-])c1c(F)cc(F)cc1NC1CCNC2(CCC2)C1. The molecule has 2 aliphatic rings. The fourth-order valence-electron chi connectivity index (χ4n) is 3.35. The van der Waals surface area contributed by atoms with Crippen LogP contribution in [0.1, 0.15) is 32.1 Å². The van der Waals surface area contributed by atoms with E-state index in [4.69, 9.17) is 0 Å². The van der Waals surface area contributed by atoms with Crippen LogP contribution in [0.3, 0.4) is 0 Å². The number of halogens is 2. The molecule has 1 saturated heterocycles. The lowest BCUT2D eigenvalue weighted by Crippen LogP contribution is -2.58. The first-order valence-corrected chi connectivity index (χ1v) is 7.14. The third-order valence-corrected chi connectivity index (χ3v) is 4.51. The molecule has 1 aliphatic heterocycles. The molecule has 1 aliphatic carbocycles. The number of nitro benzene ring substituents is 1. The molecule has 1 aromatic carbocycles. The minimum absolute atomic E-state index is 0.00792. The van der Waals surface area contributed by atoms with Crippen LogP contribution in [-0.2, 0) is 0 Å². The summed E-state index contributed by atoms with van der Waals surface area (Å²) in [5.74, 6) is -1.96. The van der Waals surface area contributed by atoms with Crippen molar-refractivity contribution in [3.63, 3.8) is 0 Å². The summed E-state index contributed by atoms with van der Waals surface area (Å²) in [6, 6.07) is 1.53. The van der Waals surface area contributed by atoms with Gasteiger partial charge in [-0.05, 0) is 38.6 Å². The molecular formula is C14H17F2N3O2. The Kier molecular flexibility index (Phi) is 3.52. The summed E-state index contributed by atoms with van der Waals surface area (Å²) < 4.78 is 27.0. The number of hydrogen-bond acceptors (Lipinski definition) is 4. The normalized spacial score (nSPS) is 23.6. The maximum absolute atomic E-state index is 13.6. The average molecular weight is 297 g/mol. The predicted molar refractivity (Wildman–Crippen MR) is 74.2 cm³/mol. The molecule has 1 atom stereocenters. The number of nitrogens with one attached hydrogen (secondary N) is 2. The Bertz CT molecular complexity index is 576. The molecule has 1 spiro atoms. The van der Waals surface area contributed by atoms with E-state index < -0.39 is 22.2 Å². The number of nitro groups is 1. The largest absolute Gasteiger partial charge is 0.376 e. The van der Waals surface area contributed by atoms with Crippen molar-refractivity contribution in [2.75, 3.05) is 11.9 Å². The van der Waals surface area contributed by atoms with E-state index in [9.17, 15) is 18.9 Å². The smallest absolute Gasteiger partial charge is 0.327 e. The van der Waals surface area contributed by atoms with E-state index in [-0.39, 0.29) is 17.3 Å². The van der Waals surface area contributed by atoms with Gasteiger partial charge in [-0.15, -0.1) is 0 Å². The molecule has 7 heteroatoms. The maximum Gasteiger partial charge on any atom is 0.327 e. The monoisotopic (exact) mass is 297 g/mol. The van der Waals surface area contributed by atoms with Crippen LogP contribution in [-0.4, -0.2) is 23.0 Å². The minimum atomic E-state index is -1.14. The van der Waals surface area contributed by atoms with Crippen LogP contribution in [0.15, 0.2) is 12.1 Å². The van der Waals surface area contributed by atoms with E-state index in [0.717, 1.165) is 38.3 Å². The van der Waals surface area contributed by atoms with Gasteiger partial charge in [-0.3, -0.25) is 10.1 Å². The molecule has 0 radical (unpaired) electrons. The second-order valence-corrected chi connectivity index (χ2v) is 5.94. The first kappa shape index (κ1) is 14.2. The Morgan fingerprint density at radius 3 is 2.76 bits per heavy atom. The zero-order chi connectivity index (χ0) is 15.0. The Labute approximate surface area is 120 Å². The molecule has 1 aromatic rings. The Morgan fingerprint density at radius 2 is 2.14 bits per heavy atom. The van der Waals surface area contributed by atoms with Crippen LogP contribution in [0.2, 0.25) is 0 Å². The topological polar surface area (TPSA) is 67.2 Å². The second kappa shape index (κ2) is 5.22. The maximum atomic E-state index is 13.6. The van der Waals surface area contributed by atoms with E-state index in [1.165, 1.54) is 6.42 Å². The standard InChI is InChI=1S/C14H17F2N3O2/c15-9-6-11(16)13(19(20)21)12(7-9)18-10-2-5-17-14(8-10)3-1-4-14/h6-7,10,17-18H,1-5,8H2. The van der Waals surface area contributed by atoms with Gasteiger partial charge in [0.2, 0.25) is 5.82 Å². The molecule has 0 amide bonds. The zero-order valence-electron chi connectivity index (χ0n) is 11.5. The summed E-state index contributed by atoms with van der Waals surface area (Å²) in [5.41, 5.74) is -0.646. The van der Waals surface area contributed by atoms with E-state index in [1.54, 1.807) is 0 Å². The first-order valence-electron chi connectivity index (χ1n) is 7.14. The molecule has 1 saturated carbocycles. The number of hydrogen-bond donors (Lipinski definition) is 2. The van der Waals surface area contributed by atoms with Crippen molar-refractivity contribution in [3.05, 3.63) is 33.9 Å². The van der Waals surface area contributed by atoms with Crippen molar-refractivity contribution in [2.45, 2.75) is 43.7 Å². The molecule has 2 fully saturated rings. The second-order valence-electron chi connectivity index (χ2n) is 5.94. The highest BCUT2D eigenvalue weighted by Crippen LogP contribution is 2.40. The van der Waals surface area contributed by atoms with Gasteiger partial charge in [0.1, 0.15) is 11.5 Å². The molecule has 1 unspecified atom stereocenters. The predicted octanol–water partition coefficient (Wildman–Crippen LogP) is 2.96. The summed E-state index contributed by atoms with van der Waals surface area (Å²) in [7, 11) is 0. The highest BCUT2D eigenvalue weighted by Gasteiger charge is 2.41. The molecule has 3 rings (SSSR count). The van der Waals surface area contributed by atoms with Crippen molar-refractivity contribution in [2.24, 2.45) is 0 Å². The Balaban J connectivity index is 1.82. The first-order chi connectivity index (χ1) is 9.99. The fourth-order valence-corrected chi connectivity index (χ4v) is 3.35. The lowest BCUT2D eigenvalue weighted by atomic mass is 9.70. The van der Waals surface area contributed by atoms with Crippen LogP contribution >= 0.6 is 0 Å². The lowest BCUT2D eigenvalue weighted by Gasteiger charge is -2.48. The molecule has 1 heterocycles. The Morgan fingerprint density at radius 1 is 1.38 bits per heavy atom. The van der Waals surface area contributed by atoms with Gasteiger partial charge in [-0.2, -0.15) is 4.39 Å². The number of benzene rings is 1. The lowest BCUT2D eigenvalue weighted by molar-refractivity contribution is -0.386. The third-order valence-electron chi connectivity index (χ3n) is 4.51. The van der Waals surface area contributed by atoms with Crippen LogP contribution in [0.25, 0.3) is 0 Å². The summed E-state index contributed by atoms with van der Waals surface area (Å²) in [6.07, 6.45) is 4.95. The van der Waals surface area contributed by atoms with Gasteiger partial charge in [0.15, 0.2) is 0 Å². The van der Waals surface area contributed by atoms with Crippen LogP contribution in [0.4, 0.5) is 20.2 Å². The van der Waals surface area contributed by atoms with Crippen LogP contribution < -0.4 is 10.6 Å². The van der Waals surface area contributed by atoms with Crippen molar-refractivity contribution < 1.29 is 13.7 Å². The summed E-state index contributed by atoms with van der Waals surface area (Å²) in [6.45, 7) is 0.809. The summed E-state index contributed by atoms with van der Waals surface area (Å²) in [4.78, 5) is 10.2.